The van der Waals surface area contributed by atoms with Gasteiger partial charge in [-0.2, -0.15) is 0 Å². The molecule has 96 valence electrons. The predicted octanol–water partition coefficient (Wildman–Crippen LogP) is 2.33. The van der Waals surface area contributed by atoms with Crippen molar-refractivity contribution in [1.82, 2.24) is 5.06 Å². The van der Waals surface area contributed by atoms with Crippen LogP contribution in [0.5, 0.6) is 5.75 Å². The minimum atomic E-state index is -0.289. The molecule has 0 aliphatic heterocycles. The maximum atomic E-state index is 11.4. The van der Waals surface area contributed by atoms with Crippen molar-refractivity contribution in [1.29, 1.82) is 0 Å². The van der Waals surface area contributed by atoms with Crippen molar-refractivity contribution in [2.45, 2.75) is 6.61 Å². The number of amides is 1. The van der Waals surface area contributed by atoms with Gasteiger partial charge < -0.3 is 4.74 Å². The summed E-state index contributed by atoms with van der Waals surface area (Å²) in [5, 5.41) is 1.21. The molecule has 0 saturated heterocycles. The van der Waals surface area contributed by atoms with Crippen LogP contribution in [0.4, 0.5) is 0 Å². The quantitative estimate of drug-likeness (QED) is 0.421. The summed E-state index contributed by atoms with van der Waals surface area (Å²) in [6.07, 6.45) is 2.80. The Labute approximate surface area is 107 Å². The summed E-state index contributed by atoms with van der Waals surface area (Å²) in [4.78, 5) is 16.8. The van der Waals surface area contributed by atoms with Crippen molar-refractivity contribution < 1.29 is 14.4 Å². The number of benzene rings is 1. The third kappa shape index (κ3) is 4.07. The van der Waals surface area contributed by atoms with Gasteiger partial charge in [0.05, 0.1) is 13.7 Å². The normalized spacial score (nSPS) is 9.61. The number of hydroxylamine groups is 2. The molecule has 1 aromatic carbocycles. The molecule has 0 heterocycles. The highest BCUT2D eigenvalue weighted by atomic mass is 16.7. The molecule has 0 aliphatic carbocycles. The standard InChI is InChI=1S/C14H17NO3/c1-4-10-15(14(16)5-2)18-11-12-6-8-13(17-3)9-7-12/h4-9H,1-2,10-11H2,3H3. The summed E-state index contributed by atoms with van der Waals surface area (Å²) in [7, 11) is 1.61. The number of hydrogen-bond acceptors (Lipinski definition) is 3. The highest BCUT2D eigenvalue weighted by Gasteiger charge is 2.09. The first-order chi connectivity index (χ1) is 8.71. The van der Waals surface area contributed by atoms with E-state index in [0.29, 0.717) is 13.2 Å². The Hall–Kier alpha value is -2.07. The Kier molecular flexibility index (Phi) is 5.67. The lowest BCUT2D eigenvalue weighted by atomic mass is 10.2. The molecular weight excluding hydrogens is 230 g/mol. The van der Waals surface area contributed by atoms with E-state index in [1.807, 2.05) is 24.3 Å². The Bertz CT molecular complexity index is 412. The topological polar surface area (TPSA) is 38.8 Å². The van der Waals surface area contributed by atoms with Crippen LogP contribution in [-0.4, -0.2) is 24.6 Å². The average molecular weight is 247 g/mol. The van der Waals surface area contributed by atoms with Gasteiger partial charge in [-0.15, -0.1) is 6.58 Å². The molecule has 4 heteroatoms. The van der Waals surface area contributed by atoms with E-state index in [-0.39, 0.29) is 5.91 Å². The molecule has 1 amide bonds. The van der Waals surface area contributed by atoms with E-state index in [1.165, 1.54) is 11.1 Å². The Balaban J connectivity index is 2.57. The first kappa shape index (κ1) is 14.0. The summed E-state index contributed by atoms with van der Waals surface area (Å²) >= 11 is 0. The SMILES string of the molecule is C=CCN(OCc1ccc(OC)cc1)C(=O)C=C. The molecule has 0 N–H and O–H groups in total. The van der Waals surface area contributed by atoms with Gasteiger partial charge in [0.15, 0.2) is 0 Å². The van der Waals surface area contributed by atoms with Gasteiger partial charge in [0.25, 0.3) is 5.91 Å². The van der Waals surface area contributed by atoms with Crippen molar-refractivity contribution in [2.75, 3.05) is 13.7 Å². The number of rotatable bonds is 7. The minimum absolute atomic E-state index is 0.289. The fourth-order valence-electron chi connectivity index (χ4n) is 1.30. The second-order valence-electron chi connectivity index (χ2n) is 3.51. The van der Waals surface area contributed by atoms with Crippen LogP contribution in [0.3, 0.4) is 0 Å². The number of carbonyl (C=O) groups is 1. The molecular formula is C14H17NO3. The molecule has 1 aromatic rings. The van der Waals surface area contributed by atoms with Crippen molar-refractivity contribution in [2.24, 2.45) is 0 Å². The lowest BCUT2D eigenvalue weighted by Gasteiger charge is -2.18. The molecule has 0 aliphatic rings. The van der Waals surface area contributed by atoms with Crippen molar-refractivity contribution in [3.05, 3.63) is 55.1 Å². The second kappa shape index (κ2) is 7.29. The van der Waals surface area contributed by atoms with Gasteiger partial charge in [0, 0.05) is 0 Å². The maximum absolute atomic E-state index is 11.4. The van der Waals surface area contributed by atoms with E-state index < -0.39 is 0 Å². The summed E-state index contributed by atoms with van der Waals surface area (Å²) in [5.74, 6) is 0.493. The smallest absolute Gasteiger partial charge is 0.269 e. The highest BCUT2D eigenvalue weighted by Crippen LogP contribution is 2.12. The summed E-state index contributed by atoms with van der Waals surface area (Å²) in [6.45, 7) is 7.61. The number of carbonyl (C=O) groups excluding carboxylic acids is 1. The second-order valence-corrected chi connectivity index (χ2v) is 3.51. The zero-order valence-corrected chi connectivity index (χ0v) is 10.5. The van der Waals surface area contributed by atoms with Gasteiger partial charge in [-0.3, -0.25) is 9.63 Å². The first-order valence-electron chi connectivity index (χ1n) is 5.52. The highest BCUT2D eigenvalue weighted by molar-refractivity contribution is 5.86. The molecule has 0 radical (unpaired) electrons. The summed E-state index contributed by atoms with van der Waals surface area (Å²) in [6, 6.07) is 7.43. The molecule has 1 rings (SSSR count). The molecule has 0 bridgehead atoms. The van der Waals surface area contributed by atoms with Crippen molar-refractivity contribution >= 4 is 5.91 Å². The number of nitrogens with zero attached hydrogens (tertiary/aromatic N) is 1. The van der Waals surface area contributed by atoms with Crippen LogP contribution in [0.1, 0.15) is 5.56 Å². The lowest BCUT2D eigenvalue weighted by molar-refractivity contribution is -0.182. The predicted molar refractivity (Wildman–Crippen MR) is 69.9 cm³/mol. The zero-order chi connectivity index (χ0) is 13.4. The van der Waals surface area contributed by atoms with Crippen LogP contribution in [0, 0.1) is 0 Å². The van der Waals surface area contributed by atoms with Gasteiger partial charge in [-0.05, 0) is 23.8 Å². The average Bonchev–Trinajstić information content (AvgIpc) is 2.43. The van der Waals surface area contributed by atoms with Crippen LogP contribution >= 0.6 is 0 Å². The van der Waals surface area contributed by atoms with Gasteiger partial charge in [-0.1, -0.05) is 24.8 Å². The van der Waals surface area contributed by atoms with Crippen LogP contribution in [0.25, 0.3) is 0 Å². The molecule has 0 aromatic heterocycles. The van der Waals surface area contributed by atoms with E-state index in [2.05, 4.69) is 13.2 Å². The maximum Gasteiger partial charge on any atom is 0.269 e. The summed E-state index contributed by atoms with van der Waals surface area (Å²) < 4.78 is 5.06. The fourth-order valence-corrected chi connectivity index (χ4v) is 1.30. The van der Waals surface area contributed by atoms with E-state index in [1.54, 1.807) is 13.2 Å². The lowest BCUT2D eigenvalue weighted by Crippen LogP contribution is -2.29. The summed E-state index contributed by atoms with van der Waals surface area (Å²) in [5.41, 5.74) is 0.946. The van der Waals surface area contributed by atoms with Gasteiger partial charge in [0.2, 0.25) is 0 Å². The molecule has 18 heavy (non-hydrogen) atoms. The minimum Gasteiger partial charge on any atom is -0.497 e. The van der Waals surface area contributed by atoms with E-state index in [4.69, 9.17) is 9.57 Å². The molecule has 0 saturated carbocycles. The third-order valence-electron chi connectivity index (χ3n) is 2.26. The molecule has 0 unspecified atom stereocenters. The Morgan fingerprint density at radius 3 is 2.50 bits per heavy atom. The van der Waals surface area contributed by atoms with Gasteiger partial charge in [0.1, 0.15) is 12.4 Å². The molecule has 0 atom stereocenters. The Morgan fingerprint density at radius 2 is 2.00 bits per heavy atom. The number of methoxy groups -OCH3 is 1. The number of hydrogen-bond donors (Lipinski definition) is 0. The van der Waals surface area contributed by atoms with Gasteiger partial charge >= 0.3 is 0 Å². The van der Waals surface area contributed by atoms with E-state index >= 15 is 0 Å². The van der Waals surface area contributed by atoms with E-state index in [0.717, 1.165) is 11.3 Å². The largest absolute Gasteiger partial charge is 0.497 e. The monoisotopic (exact) mass is 247 g/mol. The molecule has 0 fully saturated rings. The third-order valence-corrected chi connectivity index (χ3v) is 2.26. The van der Waals surface area contributed by atoms with Gasteiger partial charge in [-0.25, -0.2) is 5.06 Å². The van der Waals surface area contributed by atoms with E-state index in [9.17, 15) is 4.79 Å². The van der Waals surface area contributed by atoms with Crippen LogP contribution < -0.4 is 4.74 Å². The molecule has 4 nitrogen and oxygen atoms in total. The molecule has 0 spiro atoms. The van der Waals surface area contributed by atoms with Crippen LogP contribution in [-0.2, 0) is 16.2 Å². The van der Waals surface area contributed by atoms with Crippen molar-refractivity contribution in [3.63, 3.8) is 0 Å². The van der Waals surface area contributed by atoms with Crippen molar-refractivity contribution in [3.8, 4) is 5.75 Å². The first-order valence-corrected chi connectivity index (χ1v) is 5.52. The number of ether oxygens (including phenoxy) is 1. The Morgan fingerprint density at radius 1 is 1.33 bits per heavy atom. The van der Waals surface area contributed by atoms with Crippen LogP contribution in [0.15, 0.2) is 49.6 Å². The fraction of sp³-hybridized carbons (Fsp3) is 0.214. The van der Waals surface area contributed by atoms with Crippen LogP contribution in [0.2, 0.25) is 0 Å². The zero-order valence-electron chi connectivity index (χ0n) is 10.5.